The molecule has 2 heterocycles. The van der Waals surface area contributed by atoms with E-state index in [9.17, 15) is 8.42 Å². The minimum absolute atomic E-state index is 0.0728. The van der Waals surface area contributed by atoms with Crippen LogP contribution in [0.25, 0.3) is 0 Å². The van der Waals surface area contributed by atoms with Gasteiger partial charge in [-0.15, -0.1) is 0 Å². The van der Waals surface area contributed by atoms with Gasteiger partial charge in [0.05, 0.1) is 6.33 Å². The third-order valence-electron chi connectivity index (χ3n) is 3.77. The summed E-state index contributed by atoms with van der Waals surface area (Å²) in [4.78, 5) is 3.88. The maximum atomic E-state index is 12.1. The van der Waals surface area contributed by atoms with Crippen LogP contribution < -0.4 is 10.0 Å². The molecule has 1 atom stereocenters. The maximum absolute atomic E-state index is 12.1. The summed E-state index contributed by atoms with van der Waals surface area (Å²) >= 11 is 0. The first kappa shape index (κ1) is 14.5. The Bertz CT molecular complexity index is 536. The number of imidazole rings is 1. The molecule has 1 aromatic rings. The Morgan fingerprint density at radius 1 is 1.58 bits per heavy atom. The average Bonchev–Trinajstić information content (AvgIpc) is 2.75. The molecule has 0 amide bonds. The molecule has 2 N–H and O–H groups in total. The number of piperidine rings is 1. The highest BCUT2D eigenvalue weighted by Gasteiger charge is 2.32. The van der Waals surface area contributed by atoms with Gasteiger partial charge < -0.3 is 9.88 Å². The molecule has 19 heavy (non-hydrogen) atoms. The maximum Gasteiger partial charge on any atom is 0.259 e. The summed E-state index contributed by atoms with van der Waals surface area (Å²) in [6, 6.07) is 0.153. The van der Waals surface area contributed by atoms with Gasteiger partial charge in [-0.3, -0.25) is 0 Å². The molecule has 1 unspecified atom stereocenters. The topological polar surface area (TPSA) is 76.0 Å². The Labute approximate surface area is 114 Å². The van der Waals surface area contributed by atoms with Crippen molar-refractivity contribution in [3.8, 4) is 0 Å². The Morgan fingerprint density at radius 3 is 2.89 bits per heavy atom. The zero-order valence-electron chi connectivity index (χ0n) is 11.7. The van der Waals surface area contributed by atoms with Crippen molar-refractivity contribution in [2.75, 3.05) is 13.1 Å². The molecule has 1 fully saturated rings. The van der Waals surface area contributed by atoms with E-state index in [1.54, 1.807) is 11.6 Å². The summed E-state index contributed by atoms with van der Waals surface area (Å²) in [5, 5.41) is 3.46. The normalized spacial score (nSPS) is 23.4. The van der Waals surface area contributed by atoms with Crippen molar-refractivity contribution in [2.24, 2.45) is 12.5 Å². The molecule has 108 valence electrons. The zero-order valence-corrected chi connectivity index (χ0v) is 12.5. The fourth-order valence-corrected chi connectivity index (χ4v) is 3.44. The van der Waals surface area contributed by atoms with Crippen molar-refractivity contribution >= 4 is 10.0 Å². The van der Waals surface area contributed by atoms with Crippen molar-refractivity contribution in [3.05, 3.63) is 12.5 Å². The van der Waals surface area contributed by atoms with Crippen molar-refractivity contribution < 1.29 is 8.42 Å². The largest absolute Gasteiger partial charge is 0.339 e. The van der Waals surface area contributed by atoms with Crippen molar-refractivity contribution in [1.29, 1.82) is 0 Å². The van der Waals surface area contributed by atoms with Gasteiger partial charge in [0.25, 0.3) is 10.0 Å². The smallest absolute Gasteiger partial charge is 0.259 e. The number of aryl methyl sites for hydroxylation is 1. The summed E-state index contributed by atoms with van der Waals surface area (Å²) in [5.74, 6) is 0. The molecule has 6 nitrogen and oxygen atoms in total. The first-order valence-corrected chi connectivity index (χ1v) is 8.01. The summed E-state index contributed by atoms with van der Waals surface area (Å²) < 4.78 is 28.4. The lowest BCUT2D eigenvalue weighted by molar-refractivity contribution is 0.181. The molecule has 7 heteroatoms. The van der Waals surface area contributed by atoms with E-state index in [-0.39, 0.29) is 16.5 Å². The zero-order chi connectivity index (χ0) is 14.1. The third-order valence-corrected chi connectivity index (χ3v) is 5.07. The lowest BCUT2D eigenvalue weighted by Crippen LogP contribution is -2.52. The Hall–Kier alpha value is -0.920. The van der Waals surface area contributed by atoms with Gasteiger partial charge in [-0.25, -0.2) is 18.1 Å². The standard InChI is InChI=1S/C12H22N4O2S/c1-12(2)5-4-6-13-10(12)7-15-19(17,18)11-8-16(3)9-14-11/h8-10,13,15H,4-7H2,1-3H3. The van der Waals surface area contributed by atoms with Gasteiger partial charge in [-0.1, -0.05) is 13.8 Å². The van der Waals surface area contributed by atoms with Gasteiger partial charge in [0.15, 0.2) is 5.03 Å². The molecule has 0 spiro atoms. The predicted molar refractivity (Wildman–Crippen MR) is 73.2 cm³/mol. The molecule has 1 aliphatic rings. The van der Waals surface area contributed by atoms with E-state index in [0.29, 0.717) is 6.54 Å². The van der Waals surface area contributed by atoms with Crippen LogP contribution in [0.15, 0.2) is 17.6 Å². The molecule has 0 aliphatic carbocycles. The number of sulfonamides is 1. The van der Waals surface area contributed by atoms with E-state index in [2.05, 4.69) is 28.9 Å². The summed E-state index contributed by atoms with van der Waals surface area (Å²) in [6.07, 6.45) is 5.23. The van der Waals surface area contributed by atoms with E-state index in [4.69, 9.17) is 0 Å². The molecule has 1 aromatic heterocycles. The van der Waals surface area contributed by atoms with Crippen LogP contribution in [0, 0.1) is 5.41 Å². The SMILES string of the molecule is Cn1cnc(S(=O)(=O)NCC2NCCCC2(C)C)c1. The summed E-state index contributed by atoms with van der Waals surface area (Å²) in [5.41, 5.74) is 0.102. The number of hydrogen-bond acceptors (Lipinski definition) is 4. The van der Waals surface area contributed by atoms with Crippen LogP contribution in [0.3, 0.4) is 0 Å². The second-order valence-electron chi connectivity index (χ2n) is 5.83. The quantitative estimate of drug-likeness (QED) is 0.844. The molecule has 0 saturated carbocycles. The van der Waals surface area contributed by atoms with Crippen molar-refractivity contribution in [1.82, 2.24) is 19.6 Å². The van der Waals surface area contributed by atoms with Crippen LogP contribution >= 0.6 is 0 Å². The van der Waals surface area contributed by atoms with Gasteiger partial charge in [-0.2, -0.15) is 0 Å². The fourth-order valence-electron chi connectivity index (χ4n) is 2.41. The number of nitrogens with one attached hydrogen (secondary N) is 2. The number of rotatable bonds is 4. The van der Waals surface area contributed by atoms with E-state index >= 15 is 0 Å². The molecular formula is C12H22N4O2S. The highest BCUT2D eigenvalue weighted by molar-refractivity contribution is 7.89. The minimum atomic E-state index is -3.51. The van der Waals surface area contributed by atoms with Gasteiger partial charge in [0, 0.05) is 25.8 Å². The van der Waals surface area contributed by atoms with Crippen LogP contribution in [0.2, 0.25) is 0 Å². The number of hydrogen-bond donors (Lipinski definition) is 2. The highest BCUT2D eigenvalue weighted by Crippen LogP contribution is 2.29. The van der Waals surface area contributed by atoms with E-state index < -0.39 is 10.0 Å². The second kappa shape index (κ2) is 5.22. The third kappa shape index (κ3) is 3.34. The lowest BCUT2D eigenvalue weighted by atomic mass is 9.78. The average molecular weight is 286 g/mol. The second-order valence-corrected chi connectivity index (χ2v) is 7.54. The van der Waals surface area contributed by atoms with Gasteiger partial charge in [-0.05, 0) is 24.8 Å². The van der Waals surface area contributed by atoms with Crippen LogP contribution in [-0.4, -0.2) is 37.1 Å². The minimum Gasteiger partial charge on any atom is -0.339 e. The molecule has 0 bridgehead atoms. The first-order valence-electron chi connectivity index (χ1n) is 6.52. The number of aromatic nitrogens is 2. The molecule has 0 aromatic carbocycles. The summed E-state index contributed by atoms with van der Waals surface area (Å²) in [6.45, 7) is 5.67. The van der Waals surface area contributed by atoms with Gasteiger partial charge in [0.1, 0.15) is 0 Å². The monoisotopic (exact) mass is 286 g/mol. The Balaban J connectivity index is 2.02. The molecule has 1 saturated heterocycles. The lowest BCUT2D eigenvalue weighted by Gasteiger charge is -2.39. The Kier molecular flexibility index (Phi) is 3.98. The predicted octanol–water partition coefficient (Wildman–Crippen LogP) is 0.477. The first-order chi connectivity index (χ1) is 8.81. The highest BCUT2D eigenvalue weighted by atomic mass is 32.2. The van der Waals surface area contributed by atoms with Crippen LogP contribution in [0.5, 0.6) is 0 Å². The van der Waals surface area contributed by atoms with E-state index in [0.717, 1.165) is 19.4 Å². The molecule has 2 rings (SSSR count). The van der Waals surface area contributed by atoms with Crippen LogP contribution in [0.1, 0.15) is 26.7 Å². The number of nitrogens with zero attached hydrogens (tertiary/aromatic N) is 2. The van der Waals surface area contributed by atoms with E-state index in [1.165, 1.54) is 12.5 Å². The molecular weight excluding hydrogens is 264 g/mol. The van der Waals surface area contributed by atoms with Crippen LogP contribution in [-0.2, 0) is 17.1 Å². The molecule has 1 aliphatic heterocycles. The van der Waals surface area contributed by atoms with E-state index in [1.807, 2.05) is 0 Å². The Morgan fingerprint density at radius 2 is 2.32 bits per heavy atom. The van der Waals surface area contributed by atoms with Crippen molar-refractivity contribution in [3.63, 3.8) is 0 Å². The van der Waals surface area contributed by atoms with Gasteiger partial charge in [0.2, 0.25) is 0 Å². The summed E-state index contributed by atoms with van der Waals surface area (Å²) in [7, 11) is -1.76. The fraction of sp³-hybridized carbons (Fsp3) is 0.750. The molecule has 0 radical (unpaired) electrons. The van der Waals surface area contributed by atoms with Crippen LogP contribution in [0.4, 0.5) is 0 Å². The van der Waals surface area contributed by atoms with Crippen molar-refractivity contribution in [2.45, 2.75) is 37.8 Å². The van der Waals surface area contributed by atoms with Gasteiger partial charge >= 0.3 is 0 Å².